The fraction of sp³-hybridized carbons (Fsp3) is 0.800. The fourth-order valence-corrected chi connectivity index (χ4v) is 1.21. The molecule has 0 aliphatic rings. The van der Waals surface area contributed by atoms with Crippen molar-refractivity contribution < 1.29 is 14.7 Å². The quantitative estimate of drug-likeness (QED) is 0.727. The molecule has 0 bridgehead atoms. The topological polar surface area (TPSA) is 69.6 Å². The molecule has 0 fully saturated rings. The van der Waals surface area contributed by atoms with Gasteiger partial charge in [0.2, 0.25) is 0 Å². The first-order chi connectivity index (χ1) is 6.93. The Hall–Kier alpha value is -1.26. The van der Waals surface area contributed by atoms with Crippen LogP contribution in [0.25, 0.3) is 0 Å². The first kappa shape index (κ1) is 13.7. The summed E-state index contributed by atoms with van der Waals surface area (Å²) >= 11 is 0. The Labute approximate surface area is 90.5 Å². The van der Waals surface area contributed by atoms with Gasteiger partial charge in [-0.05, 0) is 27.2 Å². The lowest BCUT2D eigenvalue weighted by atomic mass is 10.2. The molecule has 5 heteroatoms. The minimum absolute atomic E-state index is 0.121. The Bertz CT molecular complexity index is 231. The van der Waals surface area contributed by atoms with E-state index in [-0.39, 0.29) is 12.1 Å². The maximum atomic E-state index is 11.6. The molecule has 5 nitrogen and oxygen atoms in total. The number of carbonyl (C=O) groups is 2. The highest BCUT2D eigenvalue weighted by atomic mass is 16.4. The zero-order valence-corrected chi connectivity index (χ0v) is 9.78. The van der Waals surface area contributed by atoms with Crippen molar-refractivity contribution in [2.45, 2.75) is 46.2 Å². The van der Waals surface area contributed by atoms with E-state index in [1.165, 1.54) is 6.92 Å². The van der Waals surface area contributed by atoms with Crippen LogP contribution in [0.5, 0.6) is 0 Å². The van der Waals surface area contributed by atoms with Crippen molar-refractivity contribution in [1.29, 1.82) is 0 Å². The summed E-state index contributed by atoms with van der Waals surface area (Å²) in [5.74, 6) is -1.02. The van der Waals surface area contributed by atoms with Crippen LogP contribution in [-0.4, -0.2) is 40.6 Å². The van der Waals surface area contributed by atoms with Gasteiger partial charge in [-0.2, -0.15) is 0 Å². The van der Waals surface area contributed by atoms with Crippen molar-refractivity contribution >= 4 is 12.0 Å². The van der Waals surface area contributed by atoms with Crippen LogP contribution in [0.2, 0.25) is 0 Å². The maximum Gasteiger partial charge on any atom is 0.325 e. The van der Waals surface area contributed by atoms with Crippen LogP contribution >= 0.6 is 0 Å². The summed E-state index contributed by atoms with van der Waals surface area (Å²) in [5.41, 5.74) is 0. The smallest absolute Gasteiger partial charge is 0.325 e. The normalized spacial score (nSPS) is 14.1. The third kappa shape index (κ3) is 4.18. The number of rotatable bonds is 5. The molecule has 0 rings (SSSR count). The second-order valence-electron chi connectivity index (χ2n) is 3.55. The zero-order chi connectivity index (χ0) is 12.0. The molecule has 2 atom stereocenters. The monoisotopic (exact) mass is 216 g/mol. The third-order valence-corrected chi connectivity index (χ3v) is 2.43. The summed E-state index contributed by atoms with van der Waals surface area (Å²) in [6, 6.07) is -1.05. The summed E-state index contributed by atoms with van der Waals surface area (Å²) in [4.78, 5) is 23.8. The lowest BCUT2D eigenvalue weighted by Gasteiger charge is -2.28. The van der Waals surface area contributed by atoms with E-state index in [2.05, 4.69) is 5.32 Å². The van der Waals surface area contributed by atoms with Crippen molar-refractivity contribution in [3.05, 3.63) is 0 Å². The molecule has 2 amide bonds. The van der Waals surface area contributed by atoms with Crippen LogP contribution < -0.4 is 5.32 Å². The molecule has 0 aliphatic heterocycles. The number of carboxylic acids is 1. The van der Waals surface area contributed by atoms with Crippen molar-refractivity contribution in [3.63, 3.8) is 0 Å². The number of aliphatic carboxylic acids is 1. The van der Waals surface area contributed by atoms with E-state index in [1.54, 1.807) is 4.90 Å². The molecule has 0 heterocycles. The largest absolute Gasteiger partial charge is 0.480 e. The number of hydrogen-bond donors (Lipinski definition) is 2. The van der Waals surface area contributed by atoms with Gasteiger partial charge in [-0.3, -0.25) is 4.79 Å². The first-order valence-electron chi connectivity index (χ1n) is 5.23. The molecule has 88 valence electrons. The Kier molecular flexibility index (Phi) is 5.74. The van der Waals surface area contributed by atoms with Gasteiger partial charge in [0.15, 0.2) is 0 Å². The van der Waals surface area contributed by atoms with Gasteiger partial charge in [0.05, 0.1) is 0 Å². The second-order valence-corrected chi connectivity index (χ2v) is 3.55. The van der Waals surface area contributed by atoms with E-state index < -0.39 is 12.0 Å². The van der Waals surface area contributed by atoms with Gasteiger partial charge >= 0.3 is 12.0 Å². The van der Waals surface area contributed by atoms with Crippen LogP contribution in [0.1, 0.15) is 34.1 Å². The third-order valence-electron chi connectivity index (χ3n) is 2.43. The molecule has 1 unspecified atom stereocenters. The van der Waals surface area contributed by atoms with E-state index in [0.29, 0.717) is 6.54 Å². The van der Waals surface area contributed by atoms with Gasteiger partial charge in [-0.25, -0.2) is 4.79 Å². The summed E-state index contributed by atoms with van der Waals surface area (Å²) in [7, 11) is 0. The van der Waals surface area contributed by atoms with Crippen molar-refractivity contribution in [1.82, 2.24) is 10.2 Å². The Morgan fingerprint density at radius 2 is 1.87 bits per heavy atom. The maximum absolute atomic E-state index is 11.6. The number of carboxylic acid groups (broad SMARTS) is 1. The molecular formula is C10H20N2O3. The van der Waals surface area contributed by atoms with Crippen molar-refractivity contribution in [3.8, 4) is 0 Å². The first-order valence-corrected chi connectivity index (χ1v) is 5.23. The minimum Gasteiger partial charge on any atom is -0.480 e. The lowest BCUT2D eigenvalue weighted by Crippen LogP contribution is -2.49. The molecule has 0 aromatic rings. The Morgan fingerprint density at radius 1 is 1.33 bits per heavy atom. The van der Waals surface area contributed by atoms with Gasteiger partial charge < -0.3 is 15.3 Å². The van der Waals surface area contributed by atoms with Crippen LogP contribution in [0.15, 0.2) is 0 Å². The highest BCUT2D eigenvalue weighted by molar-refractivity contribution is 5.82. The number of amides is 2. The molecule has 0 aromatic heterocycles. The molecule has 0 saturated carbocycles. The molecule has 0 radical (unpaired) electrons. The molecule has 0 saturated heterocycles. The molecule has 15 heavy (non-hydrogen) atoms. The highest BCUT2D eigenvalue weighted by Crippen LogP contribution is 2.03. The minimum atomic E-state index is -1.02. The lowest BCUT2D eigenvalue weighted by molar-refractivity contribution is -0.138. The van der Waals surface area contributed by atoms with E-state index in [0.717, 1.165) is 6.42 Å². The van der Waals surface area contributed by atoms with E-state index in [4.69, 9.17) is 5.11 Å². The Balaban J connectivity index is 4.34. The fourth-order valence-electron chi connectivity index (χ4n) is 1.21. The predicted octanol–water partition coefficient (Wildman–Crippen LogP) is 1.29. The predicted molar refractivity (Wildman–Crippen MR) is 57.8 cm³/mol. The summed E-state index contributed by atoms with van der Waals surface area (Å²) < 4.78 is 0. The second kappa shape index (κ2) is 6.27. The molecule has 0 aromatic carbocycles. The average Bonchev–Trinajstić information content (AvgIpc) is 2.18. The van der Waals surface area contributed by atoms with Crippen LogP contribution in [0.3, 0.4) is 0 Å². The van der Waals surface area contributed by atoms with E-state index >= 15 is 0 Å². The average molecular weight is 216 g/mol. The molecule has 2 N–H and O–H groups in total. The van der Waals surface area contributed by atoms with Gasteiger partial charge in [-0.15, -0.1) is 0 Å². The SMILES string of the molecule is CCC(C)N(CC)C(=O)N[C@@H](C)C(=O)O. The van der Waals surface area contributed by atoms with E-state index in [1.807, 2.05) is 20.8 Å². The summed E-state index contributed by atoms with van der Waals surface area (Å²) in [6.45, 7) is 7.82. The van der Waals surface area contributed by atoms with Crippen LogP contribution in [0, 0.1) is 0 Å². The number of carbonyl (C=O) groups excluding carboxylic acids is 1. The van der Waals surface area contributed by atoms with Gasteiger partial charge in [-0.1, -0.05) is 6.92 Å². The Morgan fingerprint density at radius 3 is 2.20 bits per heavy atom. The van der Waals surface area contributed by atoms with Crippen LogP contribution in [0.4, 0.5) is 4.79 Å². The zero-order valence-electron chi connectivity index (χ0n) is 9.78. The number of hydrogen-bond acceptors (Lipinski definition) is 2. The van der Waals surface area contributed by atoms with E-state index in [9.17, 15) is 9.59 Å². The number of urea groups is 1. The summed E-state index contributed by atoms with van der Waals surface area (Å²) in [6.07, 6.45) is 0.850. The molecule has 0 aliphatic carbocycles. The summed E-state index contributed by atoms with van der Waals surface area (Å²) in [5, 5.41) is 11.1. The standard InChI is InChI=1S/C10H20N2O3/c1-5-7(3)12(6-2)10(15)11-8(4)9(13)14/h7-8H,5-6H2,1-4H3,(H,11,15)(H,13,14)/t7?,8-/m0/s1. The number of nitrogens with zero attached hydrogens (tertiary/aromatic N) is 1. The highest BCUT2D eigenvalue weighted by Gasteiger charge is 2.20. The molecule has 0 spiro atoms. The van der Waals surface area contributed by atoms with Crippen molar-refractivity contribution in [2.75, 3.05) is 6.54 Å². The van der Waals surface area contributed by atoms with Gasteiger partial charge in [0, 0.05) is 12.6 Å². The van der Waals surface area contributed by atoms with Gasteiger partial charge in [0.25, 0.3) is 0 Å². The van der Waals surface area contributed by atoms with Crippen molar-refractivity contribution in [2.24, 2.45) is 0 Å². The van der Waals surface area contributed by atoms with Gasteiger partial charge in [0.1, 0.15) is 6.04 Å². The molecular weight excluding hydrogens is 196 g/mol. The van der Waals surface area contributed by atoms with Crippen LogP contribution in [-0.2, 0) is 4.79 Å². The number of nitrogens with one attached hydrogen (secondary N) is 1.